The lowest BCUT2D eigenvalue weighted by molar-refractivity contribution is -0.123. The first-order chi connectivity index (χ1) is 12.1. The lowest BCUT2D eigenvalue weighted by Gasteiger charge is -2.31. The number of amides is 1. The highest BCUT2D eigenvalue weighted by Crippen LogP contribution is 2.25. The van der Waals surface area contributed by atoms with Gasteiger partial charge in [-0.1, -0.05) is 12.8 Å². The molecule has 26 heavy (non-hydrogen) atoms. The fraction of sp³-hybridized carbons (Fsp3) is 0.562. The molecule has 146 valence electrons. The molecule has 0 aromatic heterocycles. The van der Waals surface area contributed by atoms with E-state index in [0.29, 0.717) is 13.0 Å². The van der Waals surface area contributed by atoms with E-state index in [1.54, 1.807) is 5.32 Å². The summed E-state index contributed by atoms with van der Waals surface area (Å²) in [5.41, 5.74) is 5.65. The first-order valence-electron chi connectivity index (χ1n) is 8.30. The number of hydrogen-bond acceptors (Lipinski definition) is 4. The van der Waals surface area contributed by atoms with Crippen molar-refractivity contribution in [2.24, 2.45) is 11.7 Å². The van der Waals surface area contributed by atoms with Crippen molar-refractivity contribution in [1.82, 2.24) is 10.0 Å². The first-order valence-corrected chi connectivity index (χ1v) is 9.78. The van der Waals surface area contributed by atoms with Crippen molar-refractivity contribution in [3.63, 3.8) is 0 Å². The third-order valence-electron chi connectivity index (χ3n) is 4.39. The predicted molar refractivity (Wildman–Crippen MR) is 90.0 cm³/mol. The highest BCUT2D eigenvalue weighted by atomic mass is 32.2. The summed E-state index contributed by atoms with van der Waals surface area (Å²) in [4.78, 5) is 11.6. The molecule has 0 spiro atoms. The average molecular weight is 393 g/mol. The predicted octanol–water partition coefficient (Wildman–Crippen LogP) is 1.77. The van der Waals surface area contributed by atoms with Crippen LogP contribution in [0.25, 0.3) is 0 Å². The Hall–Kier alpha value is -1.65. The molecule has 1 aromatic carbocycles. The molecule has 0 radical (unpaired) electrons. The fourth-order valence-corrected chi connectivity index (χ4v) is 4.32. The summed E-state index contributed by atoms with van der Waals surface area (Å²) < 4.78 is 64.0. The minimum Gasteiger partial charge on any atom is -0.343 e. The SMILES string of the molecule is NCC1CCCCC1NS(=O)(=O)c1ccc(C(=O)NCC(F)(F)F)cc1. The molecule has 2 unspecified atom stereocenters. The molecule has 1 aromatic rings. The quantitative estimate of drug-likeness (QED) is 0.686. The van der Waals surface area contributed by atoms with Crippen LogP contribution in [0.4, 0.5) is 13.2 Å². The van der Waals surface area contributed by atoms with Gasteiger partial charge < -0.3 is 11.1 Å². The van der Waals surface area contributed by atoms with Crippen LogP contribution in [0.3, 0.4) is 0 Å². The molecule has 1 saturated carbocycles. The van der Waals surface area contributed by atoms with Crippen LogP contribution in [0.2, 0.25) is 0 Å². The zero-order valence-corrected chi connectivity index (χ0v) is 14.9. The lowest BCUT2D eigenvalue weighted by Crippen LogP contribution is -2.44. The topological polar surface area (TPSA) is 101 Å². The van der Waals surface area contributed by atoms with Crippen LogP contribution in [0.1, 0.15) is 36.0 Å². The molecule has 1 fully saturated rings. The number of carbonyl (C=O) groups excluding carboxylic acids is 1. The second-order valence-corrected chi connectivity index (χ2v) is 8.04. The van der Waals surface area contributed by atoms with E-state index in [1.165, 1.54) is 24.3 Å². The van der Waals surface area contributed by atoms with Gasteiger partial charge in [0.05, 0.1) is 4.90 Å². The van der Waals surface area contributed by atoms with Gasteiger partial charge in [0.2, 0.25) is 10.0 Å². The van der Waals surface area contributed by atoms with Crippen LogP contribution >= 0.6 is 0 Å². The summed E-state index contributed by atoms with van der Waals surface area (Å²) in [6.07, 6.45) is -1.01. The number of sulfonamides is 1. The molecule has 4 N–H and O–H groups in total. The monoisotopic (exact) mass is 393 g/mol. The molecular weight excluding hydrogens is 371 g/mol. The largest absolute Gasteiger partial charge is 0.405 e. The normalized spacial score (nSPS) is 21.4. The van der Waals surface area contributed by atoms with Crippen molar-refractivity contribution < 1.29 is 26.4 Å². The highest BCUT2D eigenvalue weighted by Gasteiger charge is 2.29. The van der Waals surface area contributed by atoms with Crippen LogP contribution in [-0.4, -0.2) is 39.6 Å². The second-order valence-electron chi connectivity index (χ2n) is 6.33. The van der Waals surface area contributed by atoms with Gasteiger partial charge in [-0.15, -0.1) is 0 Å². The zero-order chi connectivity index (χ0) is 19.4. The number of hydrogen-bond donors (Lipinski definition) is 3. The molecule has 2 atom stereocenters. The Bertz CT molecular complexity index is 720. The molecule has 0 bridgehead atoms. The van der Waals surface area contributed by atoms with Gasteiger partial charge in [-0.3, -0.25) is 4.79 Å². The van der Waals surface area contributed by atoms with Gasteiger partial charge >= 0.3 is 6.18 Å². The summed E-state index contributed by atoms with van der Waals surface area (Å²) >= 11 is 0. The van der Waals surface area contributed by atoms with Crippen LogP contribution in [0.5, 0.6) is 0 Å². The van der Waals surface area contributed by atoms with Gasteiger partial charge in [-0.05, 0) is 49.6 Å². The van der Waals surface area contributed by atoms with Gasteiger partial charge in [0.1, 0.15) is 6.54 Å². The van der Waals surface area contributed by atoms with Crippen molar-refractivity contribution in [2.45, 2.75) is 42.8 Å². The second kappa shape index (κ2) is 8.36. The number of benzene rings is 1. The maximum Gasteiger partial charge on any atom is 0.405 e. The zero-order valence-electron chi connectivity index (χ0n) is 14.1. The minimum atomic E-state index is -4.51. The number of nitrogens with one attached hydrogen (secondary N) is 2. The molecular formula is C16H22F3N3O3S. The Balaban J connectivity index is 2.05. The van der Waals surface area contributed by atoms with Crippen LogP contribution in [0.15, 0.2) is 29.2 Å². The third kappa shape index (κ3) is 5.68. The van der Waals surface area contributed by atoms with E-state index in [4.69, 9.17) is 5.73 Å². The van der Waals surface area contributed by atoms with Gasteiger partial charge in [0.25, 0.3) is 5.91 Å². The first kappa shape index (κ1) is 20.7. The standard InChI is InChI=1S/C16H22F3N3O3S/c17-16(18,19)10-21-15(23)11-5-7-13(8-6-11)26(24,25)22-14-4-2-1-3-12(14)9-20/h5-8,12,14,22H,1-4,9-10,20H2,(H,21,23). The molecule has 0 heterocycles. The maximum atomic E-state index is 12.5. The molecule has 2 rings (SSSR count). The molecule has 1 aliphatic rings. The van der Waals surface area contributed by atoms with Crippen molar-refractivity contribution in [2.75, 3.05) is 13.1 Å². The molecule has 0 aliphatic heterocycles. The van der Waals surface area contributed by atoms with E-state index < -0.39 is 28.7 Å². The van der Waals surface area contributed by atoms with E-state index in [2.05, 4.69) is 4.72 Å². The summed E-state index contributed by atoms with van der Waals surface area (Å²) in [5, 5.41) is 1.73. The number of nitrogens with two attached hydrogens (primary N) is 1. The van der Waals surface area contributed by atoms with E-state index in [0.717, 1.165) is 19.3 Å². The molecule has 10 heteroatoms. The van der Waals surface area contributed by atoms with E-state index in [1.807, 2.05) is 0 Å². The van der Waals surface area contributed by atoms with E-state index in [-0.39, 0.29) is 22.4 Å². The van der Waals surface area contributed by atoms with E-state index >= 15 is 0 Å². The highest BCUT2D eigenvalue weighted by molar-refractivity contribution is 7.89. The van der Waals surface area contributed by atoms with Gasteiger partial charge in [0.15, 0.2) is 0 Å². The van der Waals surface area contributed by atoms with Gasteiger partial charge in [0, 0.05) is 11.6 Å². The van der Waals surface area contributed by atoms with Crippen molar-refractivity contribution in [3.8, 4) is 0 Å². The van der Waals surface area contributed by atoms with Gasteiger partial charge in [-0.25, -0.2) is 13.1 Å². The number of alkyl halides is 3. The number of carbonyl (C=O) groups is 1. The molecule has 0 saturated heterocycles. The summed E-state index contributed by atoms with van der Waals surface area (Å²) in [5.74, 6) is -0.847. The summed E-state index contributed by atoms with van der Waals surface area (Å²) in [7, 11) is -3.80. The van der Waals surface area contributed by atoms with Crippen LogP contribution < -0.4 is 15.8 Å². The number of rotatable bonds is 6. The fourth-order valence-electron chi connectivity index (χ4n) is 2.98. The Morgan fingerprint density at radius 1 is 1.15 bits per heavy atom. The summed E-state index contributed by atoms with van der Waals surface area (Å²) in [6, 6.07) is 4.52. The Morgan fingerprint density at radius 3 is 2.35 bits per heavy atom. The van der Waals surface area contributed by atoms with Crippen LogP contribution in [0, 0.1) is 5.92 Å². The molecule has 6 nitrogen and oxygen atoms in total. The van der Waals surface area contributed by atoms with Crippen molar-refractivity contribution in [1.29, 1.82) is 0 Å². The average Bonchev–Trinajstić information content (AvgIpc) is 2.59. The Kier molecular flexibility index (Phi) is 6.64. The number of halogens is 3. The lowest BCUT2D eigenvalue weighted by atomic mass is 9.85. The van der Waals surface area contributed by atoms with Crippen molar-refractivity contribution >= 4 is 15.9 Å². The molecule has 1 amide bonds. The smallest absolute Gasteiger partial charge is 0.343 e. The third-order valence-corrected chi connectivity index (χ3v) is 5.90. The Morgan fingerprint density at radius 2 is 1.77 bits per heavy atom. The van der Waals surface area contributed by atoms with Crippen molar-refractivity contribution in [3.05, 3.63) is 29.8 Å². The van der Waals surface area contributed by atoms with Crippen LogP contribution in [-0.2, 0) is 10.0 Å². The summed E-state index contributed by atoms with van der Waals surface area (Å²) in [6.45, 7) is -1.05. The minimum absolute atomic E-state index is 0.0498. The Labute approximate surface area is 150 Å². The molecule has 1 aliphatic carbocycles. The van der Waals surface area contributed by atoms with Gasteiger partial charge in [-0.2, -0.15) is 13.2 Å². The van der Waals surface area contributed by atoms with E-state index in [9.17, 15) is 26.4 Å². The maximum absolute atomic E-state index is 12.5.